The van der Waals surface area contributed by atoms with Gasteiger partial charge in [0.05, 0.1) is 0 Å². The van der Waals surface area contributed by atoms with Crippen LogP contribution in [-0.2, 0) is 0 Å². The van der Waals surface area contributed by atoms with Crippen LogP contribution < -0.4 is 5.32 Å². The van der Waals surface area contributed by atoms with Gasteiger partial charge in [-0.05, 0) is 47.7 Å². The van der Waals surface area contributed by atoms with Crippen LogP contribution in [0.3, 0.4) is 0 Å². The van der Waals surface area contributed by atoms with Crippen molar-refractivity contribution < 1.29 is 8.78 Å². The lowest BCUT2D eigenvalue weighted by Gasteiger charge is -2.36. The highest BCUT2D eigenvalue weighted by Crippen LogP contribution is 2.36. The van der Waals surface area contributed by atoms with Crippen LogP contribution in [0.15, 0.2) is 42.6 Å². The first-order valence-electron chi connectivity index (χ1n) is 9.22. The summed E-state index contributed by atoms with van der Waals surface area (Å²) in [5.41, 5.74) is 3.76. The number of nitrogens with zero attached hydrogens (tertiary/aromatic N) is 1. The van der Waals surface area contributed by atoms with Crippen LogP contribution in [0.1, 0.15) is 32.9 Å². The van der Waals surface area contributed by atoms with Gasteiger partial charge >= 0.3 is 0 Å². The average molecular weight is 367 g/mol. The minimum Gasteiger partial charge on any atom is -0.339 e. The maximum absolute atomic E-state index is 14.4. The van der Waals surface area contributed by atoms with Gasteiger partial charge in [0.25, 0.3) is 0 Å². The molecule has 3 nitrogen and oxygen atoms in total. The second-order valence-electron chi connectivity index (χ2n) is 8.11. The molecule has 0 saturated carbocycles. The number of rotatable bonds is 2. The van der Waals surface area contributed by atoms with Crippen molar-refractivity contribution >= 4 is 16.6 Å². The summed E-state index contributed by atoms with van der Waals surface area (Å²) in [4.78, 5) is 7.78. The summed E-state index contributed by atoms with van der Waals surface area (Å²) >= 11 is 0. The molecule has 0 fully saturated rings. The number of hydrogen-bond acceptors (Lipinski definition) is 2. The van der Waals surface area contributed by atoms with E-state index in [9.17, 15) is 8.78 Å². The first-order valence-corrected chi connectivity index (χ1v) is 9.22. The van der Waals surface area contributed by atoms with E-state index >= 15 is 0 Å². The highest BCUT2D eigenvalue weighted by molar-refractivity contribution is 5.95. The minimum absolute atomic E-state index is 0.0501. The third-order valence-electron chi connectivity index (χ3n) is 5.12. The molecule has 140 valence electrons. The van der Waals surface area contributed by atoms with E-state index in [1.165, 1.54) is 11.6 Å². The lowest BCUT2D eigenvalue weighted by molar-refractivity contribution is 0.318. The van der Waals surface area contributed by atoms with Gasteiger partial charge in [-0.2, -0.15) is 0 Å². The van der Waals surface area contributed by atoms with Crippen molar-refractivity contribution in [3.8, 4) is 11.1 Å². The number of nitrogens with one attached hydrogen (secondary N) is 2. The van der Waals surface area contributed by atoms with Gasteiger partial charge in [0.15, 0.2) is 11.6 Å². The number of aromatic amines is 1. The molecule has 1 aromatic carbocycles. The molecule has 2 aromatic heterocycles. The predicted octanol–water partition coefficient (Wildman–Crippen LogP) is 5.30. The lowest BCUT2D eigenvalue weighted by atomic mass is 9.79. The van der Waals surface area contributed by atoms with Crippen molar-refractivity contribution in [2.24, 2.45) is 5.41 Å². The van der Waals surface area contributed by atoms with E-state index in [-0.39, 0.29) is 17.0 Å². The number of pyridine rings is 1. The van der Waals surface area contributed by atoms with Crippen LogP contribution in [0.5, 0.6) is 0 Å². The number of H-pyrrole nitrogens is 1. The van der Waals surface area contributed by atoms with Crippen molar-refractivity contribution in [1.82, 2.24) is 15.3 Å². The molecule has 0 bridgehead atoms. The Morgan fingerprint density at radius 2 is 1.93 bits per heavy atom. The lowest BCUT2D eigenvalue weighted by Crippen LogP contribution is -2.43. The molecule has 1 atom stereocenters. The normalized spacial score (nSPS) is 18.0. The zero-order valence-electron chi connectivity index (χ0n) is 15.7. The molecule has 1 unspecified atom stereocenters. The third kappa shape index (κ3) is 3.16. The summed E-state index contributed by atoms with van der Waals surface area (Å²) in [5, 5.41) is 4.38. The molecular weight excluding hydrogens is 344 g/mol. The van der Waals surface area contributed by atoms with Gasteiger partial charge in [0.2, 0.25) is 0 Å². The van der Waals surface area contributed by atoms with E-state index in [0.29, 0.717) is 11.2 Å². The fourth-order valence-electron chi connectivity index (χ4n) is 3.85. The molecule has 3 heterocycles. The molecule has 1 aliphatic heterocycles. The Morgan fingerprint density at radius 3 is 2.70 bits per heavy atom. The van der Waals surface area contributed by atoms with Crippen LogP contribution in [-0.4, -0.2) is 22.6 Å². The zero-order chi connectivity index (χ0) is 19.2. The monoisotopic (exact) mass is 367 g/mol. The zero-order valence-corrected chi connectivity index (χ0v) is 15.7. The molecule has 5 heteroatoms. The molecule has 4 rings (SSSR count). The van der Waals surface area contributed by atoms with Crippen LogP contribution in [0, 0.1) is 17.0 Å². The molecule has 3 aromatic rings. The second-order valence-corrected chi connectivity index (χ2v) is 8.11. The fraction of sp³-hybridized carbons (Fsp3) is 0.318. The van der Waals surface area contributed by atoms with Gasteiger partial charge in [-0.25, -0.2) is 13.8 Å². The Labute approximate surface area is 157 Å². The summed E-state index contributed by atoms with van der Waals surface area (Å²) in [6, 6.07) is 8.18. The van der Waals surface area contributed by atoms with E-state index in [2.05, 4.69) is 42.1 Å². The minimum atomic E-state index is -0.847. The molecule has 0 aliphatic carbocycles. The van der Waals surface area contributed by atoms with E-state index in [4.69, 9.17) is 0 Å². The Bertz CT molecular complexity index is 1030. The van der Waals surface area contributed by atoms with Gasteiger partial charge in [-0.3, -0.25) is 0 Å². The summed E-state index contributed by atoms with van der Waals surface area (Å²) in [6.07, 6.45) is 4.83. The number of hydrogen-bond donors (Lipinski definition) is 2. The molecule has 0 spiro atoms. The van der Waals surface area contributed by atoms with Crippen molar-refractivity contribution in [3.63, 3.8) is 0 Å². The van der Waals surface area contributed by atoms with Crippen LogP contribution in [0.25, 0.3) is 27.7 Å². The van der Waals surface area contributed by atoms with Gasteiger partial charge in [-0.1, -0.05) is 39.0 Å². The Morgan fingerprint density at radius 1 is 1.11 bits per heavy atom. The van der Waals surface area contributed by atoms with E-state index in [0.717, 1.165) is 30.1 Å². The number of fused-ring (bicyclic) bond motifs is 1. The highest BCUT2D eigenvalue weighted by atomic mass is 19.2. The SMILES string of the molecule is CC(C)(C)C1NCCC=C1c1cc2c(-c3cccc(F)c3F)ccnc2[nH]1. The van der Waals surface area contributed by atoms with Crippen molar-refractivity contribution in [1.29, 1.82) is 0 Å². The van der Waals surface area contributed by atoms with Gasteiger partial charge in [0.1, 0.15) is 5.65 Å². The standard InChI is InChI=1S/C22H23F2N3/c1-22(2,3)20-15(7-5-10-25-20)18-12-16-13(9-11-26-21(16)27-18)14-6-4-8-17(23)19(14)24/h4,6-9,11-12,20,25H,5,10H2,1-3H3,(H,26,27). The molecule has 1 aliphatic rings. The molecule has 27 heavy (non-hydrogen) atoms. The predicted molar refractivity (Wildman–Crippen MR) is 105 cm³/mol. The molecule has 0 saturated heterocycles. The quantitative estimate of drug-likeness (QED) is 0.645. The van der Waals surface area contributed by atoms with Gasteiger partial charge in [-0.15, -0.1) is 0 Å². The Hall–Kier alpha value is -2.53. The van der Waals surface area contributed by atoms with Crippen molar-refractivity contribution in [2.75, 3.05) is 6.54 Å². The van der Waals surface area contributed by atoms with Crippen molar-refractivity contribution in [2.45, 2.75) is 33.2 Å². The topological polar surface area (TPSA) is 40.7 Å². The average Bonchev–Trinajstić information content (AvgIpc) is 3.08. The molecule has 0 amide bonds. The molecule has 0 radical (unpaired) electrons. The van der Waals surface area contributed by atoms with Crippen LogP contribution in [0.4, 0.5) is 8.78 Å². The van der Waals surface area contributed by atoms with E-state index in [1.54, 1.807) is 18.3 Å². The smallest absolute Gasteiger partial charge is 0.166 e. The number of benzene rings is 1. The summed E-state index contributed by atoms with van der Waals surface area (Å²) < 4.78 is 28.1. The van der Waals surface area contributed by atoms with E-state index in [1.807, 2.05) is 6.07 Å². The van der Waals surface area contributed by atoms with Crippen LogP contribution in [0.2, 0.25) is 0 Å². The van der Waals surface area contributed by atoms with Gasteiger partial charge in [0, 0.05) is 28.9 Å². The Kier molecular flexibility index (Phi) is 4.35. The number of aromatic nitrogens is 2. The molecular formula is C22H23F2N3. The largest absolute Gasteiger partial charge is 0.339 e. The summed E-state index contributed by atoms with van der Waals surface area (Å²) in [5.74, 6) is -1.68. The number of halogens is 2. The molecule has 2 N–H and O–H groups in total. The van der Waals surface area contributed by atoms with E-state index < -0.39 is 11.6 Å². The third-order valence-corrected chi connectivity index (χ3v) is 5.12. The van der Waals surface area contributed by atoms with Crippen LogP contribution >= 0.6 is 0 Å². The highest BCUT2D eigenvalue weighted by Gasteiger charge is 2.31. The summed E-state index contributed by atoms with van der Waals surface area (Å²) in [6.45, 7) is 7.57. The maximum Gasteiger partial charge on any atom is 0.166 e. The summed E-state index contributed by atoms with van der Waals surface area (Å²) in [7, 11) is 0. The Balaban J connectivity index is 1.87. The van der Waals surface area contributed by atoms with Gasteiger partial charge < -0.3 is 10.3 Å². The second kappa shape index (κ2) is 6.57. The first-order chi connectivity index (χ1) is 12.9. The fourth-order valence-corrected chi connectivity index (χ4v) is 3.85. The van der Waals surface area contributed by atoms with Crippen molar-refractivity contribution in [3.05, 3.63) is 59.9 Å². The maximum atomic E-state index is 14.4. The first kappa shape index (κ1) is 17.9.